The first-order chi connectivity index (χ1) is 21.7. The number of benzene rings is 3. The summed E-state index contributed by atoms with van der Waals surface area (Å²) in [6.07, 6.45) is 8.65. The van der Waals surface area contributed by atoms with Crippen LogP contribution < -0.4 is 0 Å². The summed E-state index contributed by atoms with van der Waals surface area (Å²) < 4.78 is 12.3. The second-order valence-electron chi connectivity index (χ2n) is 12.5. The maximum atomic E-state index is 14.3. The zero-order valence-electron chi connectivity index (χ0n) is 26.6. The Morgan fingerprint density at radius 1 is 1.09 bits per heavy atom. The van der Waals surface area contributed by atoms with Crippen molar-refractivity contribution in [3.8, 4) is 6.07 Å². The molecule has 2 unspecified atom stereocenters. The van der Waals surface area contributed by atoms with E-state index in [4.69, 9.17) is 23.2 Å². The standard InChI is InChI=1S/C37H43Cl2N3O2S/c1-4-42(37(43)36-25(2)30(23-40)21-28-9-5-6-11-32(28)36)24-29(27-13-14-33(38)34(39)22-27)17-20-41-18-15-26(16-19-41)31-10-7-8-12-35(31)45(3)44/h7-8,10,12-14,21-22,26,29H,4-6,9,11,15-20,24H2,1-3H3. The largest absolute Gasteiger partial charge is 0.338 e. The van der Waals surface area contributed by atoms with Crippen molar-refractivity contribution >= 4 is 39.9 Å². The molecular formula is C37H43Cl2N3O2S. The van der Waals surface area contributed by atoms with Gasteiger partial charge in [0.25, 0.3) is 5.91 Å². The van der Waals surface area contributed by atoms with Crippen LogP contribution in [0.5, 0.6) is 0 Å². The summed E-state index contributed by atoms with van der Waals surface area (Å²) in [6, 6.07) is 18.3. The summed E-state index contributed by atoms with van der Waals surface area (Å²) in [7, 11) is -0.997. The van der Waals surface area contributed by atoms with E-state index in [1.807, 2.05) is 55.1 Å². The number of likely N-dealkylation sites (tertiary alicyclic amines) is 1. The van der Waals surface area contributed by atoms with Crippen LogP contribution in [0.25, 0.3) is 0 Å². The van der Waals surface area contributed by atoms with Gasteiger partial charge in [0.15, 0.2) is 0 Å². The van der Waals surface area contributed by atoms with Crippen LogP contribution in [-0.4, -0.2) is 58.9 Å². The predicted molar refractivity (Wildman–Crippen MR) is 185 cm³/mol. The molecule has 2 aliphatic rings. The fourth-order valence-electron chi connectivity index (χ4n) is 7.22. The molecule has 2 atom stereocenters. The lowest BCUT2D eigenvalue weighted by molar-refractivity contribution is 0.0746. The van der Waals surface area contributed by atoms with Gasteiger partial charge in [-0.25, -0.2) is 0 Å². The van der Waals surface area contributed by atoms with Crippen molar-refractivity contribution in [2.45, 2.75) is 75.5 Å². The molecule has 5 rings (SSSR count). The smallest absolute Gasteiger partial charge is 0.254 e. The van der Waals surface area contributed by atoms with Crippen molar-refractivity contribution in [1.82, 2.24) is 9.80 Å². The van der Waals surface area contributed by atoms with Gasteiger partial charge in [-0.05, 0) is 136 Å². The Bertz CT molecular complexity index is 1610. The number of fused-ring (bicyclic) bond motifs is 1. The van der Waals surface area contributed by atoms with Gasteiger partial charge in [-0.3, -0.25) is 9.00 Å². The summed E-state index contributed by atoms with van der Waals surface area (Å²) in [4.78, 5) is 19.7. The molecule has 1 saturated heterocycles. The number of hydrogen-bond donors (Lipinski definition) is 0. The van der Waals surface area contributed by atoms with E-state index in [0.717, 1.165) is 97.3 Å². The number of aryl methyl sites for hydroxylation is 1. The summed E-state index contributed by atoms with van der Waals surface area (Å²) in [5.41, 5.74) is 6.71. The minimum absolute atomic E-state index is 0.0168. The first-order valence-electron chi connectivity index (χ1n) is 16.2. The van der Waals surface area contributed by atoms with Crippen molar-refractivity contribution in [1.29, 1.82) is 5.26 Å². The highest BCUT2D eigenvalue weighted by molar-refractivity contribution is 7.84. The molecule has 1 heterocycles. The van der Waals surface area contributed by atoms with Gasteiger partial charge < -0.3 is 9.80 Å². The minimum Gasteiger partial charge on any atom is -0.338 e. The highest BCUT2D eigenvalue weighted by Gasteiger charge is 2.29. The number of nitriles is 1. The molecule has 3 aromatic carbocycles. The lowest BCUT2D eigenvalue weighted by Gasteiger charge is -2.35. The van der Waals surface area contributed by atoms with Gasteiger partial charge in [-0.2, -0.15) is 5.26 Å². The van der Waals surface area contributed by atoms with Crippen molar-refractivity contribution < 1.29 is 9.00 Å². The van der Waals surface area contributed by atoms with Gasteiger partial charge in [-0.15, -0.1) is 0 Å². The van der Waals surface area contributed by atoms with Gasteiger partial charge in [0.05, 0.1) is 32.5 Å². The fourth-order valence-corrected chi connectivity index (χ4v) is 8.36. The summed E-state index contributed by atoms with van der Waals surface area (Å²) in [5, 5.41) is 10.9. The molecule has 1 amide bonds. The number of amides is 1. The lowest BCUT2D eigenvalue weighted by Crippen LogP contribution is -2.38. The van der Waals surface area contributed by atoms with Crippen molar-refractivity contribution in [2.24, 2.45) is 0 Å². The molecule has 45 heavy (non-hydrogen) atoms. The molecular weight excluding hydrogens is 621 g/mol. The van der Waals surface area contributed by atoms with Gasteiger partial charge >= 0.3 is 0 Å². The van der Waals surface area contributed by atoms with Crippen LogP contribution in [0, 0.1) is 18.3 Å². The first kappa shape index (κ1) is 33.7. The molecule has 0 bridgehead atoms. The molecule has 1 aliphatic carbocycles. The molecule has 0 radical (unpaired) electrons. The molecule has 0 spiro atoms. The molecule has 1 fully saturated rings. The second-order valence-corrected chi connectivity index (χ2v) is 14.7. The lowest BCUT2D eigenvalue weighted by atomic mass is 9.83. The third kappa shape index (κ3) is 7.66. The number of piperidine rings is 1. The van der Waals surface area contributed by atoms with Crippen molar-refractivity contribution in [3.05, 3.63) is 97.5 Å². The van der Waals surface area contributed by atoms with E-state index in [1.165, 1.54) is 5.56 Å². The van der Waals surface area contributed by atoms with Gasteiger partial charge in [0.1, 0.15) is 0 Å². The zero-order valence-corrected chi connectivity index (χ0v) is 28.9. The summed E-state index contributed by atoms with van der Waals surface area (Å²) >= 11 is 12.8. The highest BCUT2D eigenvalue weighted by atomic mass is 35.5. The number of carbonyl (C=O) groups excluding carboxylic acids is 1. The molecule has 5 nitrogen and oxygen atoms in total. The van der Waals surface area contributed by atoms with Gasteiger partial charge in [-0.1, -0.05) is 47.5 Å². The van der Waals surface area contributed by atoms with Crippen LogP contribution in [-0.2, 0) is 23.6 Å². The van der Waals surface area contributed by atoms with E-state index in [-0.39, 0.29) is 11.8 Å². The normalized spacial score (nSPS) is 16.9. The SMILES string of the molecule is CCN(CC(CCN1CCC(c2ccccc2S(C)=O)CC1)c1ccc(Cl)c(Cl)c1)C(=O)c1c(C)c(C#N)cc2c1CCCC2. The third-order valence-electron chi connectivity index (χ3n) is 9.82. The summed E-state index contributed by atoms with van der Waals surface area (Å²) in [5.74, 6) is 0.502. The number of halogens is 2. The molecule has 3 aromatic rings. The van der Waals surface area contributed by atoms with E-state index in [2.05, 4.69) is 23.1 Å². The average Bonchev–Trinajstić information content (AvgIpc) is 3.06. The molecule has 0 saturated carbocycles. The van der Waals surface area contributed by atoms with Crippen molar-refractivity contribution in [2.75, 3.05) is 39.0 Å². The van der Waals surface area contributed by atoms with E-state index in [0.29, 0.717) is 34.6 Å². The monoisotopic (exact) mass is 663 g/mol. The second kappa shape index (κ2) is 15.3. The number of likely N-dealkylation sites (N-methyl/N-ethyl adjacent to an activating group) is 1. The number of carbonyl (C=O) groups is 1. The quantitative estimate of drug-likeness (QED) is 0.219. The van der Waals surface area contributed by atoms with Crippen LogP contribution in [0.15, 0.2) is 53.4 Å². The van der Waals surface area contributed by atoms with Gasteiger partial charge in [0.2, 0.25) is 0 Å². The fraction of sp³-hybridized carbons (Fsp3) is 0.459. The van der Waals surface area contributed by atoms with E-state index in [1.54, 1.807) is 6.26 Å². The van der Waals surface area contributed by atoms with E-state index in [9.17, 15) is 14.3 Å². The zero-order chi connectivity index (χ0) is 32.1. The minimum atomic E-state index is -0.997. The Labute approximate surface area is 281 Å². The number of hydrogen-bond acceptors (Lipinski definition) is 4. The van der Waals surface area contributed by atoms with Gasteiger partial charge in [0, 0.05) is 35.7 Å². The van der Waals surface area contributed by atoms with E-state index < -0.39 is 10.8 Å². The Morgan fingerprint density at radius 2 is 1.82 bits per heavy atom. The Kier molecular flexibility index (Phi) is 11.4. The maximum absolute atomic E-state index is 14.3. The highest BCUT2D eigenvalue weighted by Crippen LogP contribution is 2.35. The number of rotatable bonds is 10. The van der Waals surface area contributed by atoms with Crippen LogP contribution >= 0.6 is 23.2 Å². The summed E-state index contributed by atoms with van der Waals surface area (Å²) in [6.45, 7) is 7.95. The molecule has 1 aliphatic heterocycles. The molecule has 0 N–H and O–H groups in total. The Hall–Kier alpha value is -2.69. The Morgan fingerprint density at radius 3 is 2.51 bits per heavy atom. The van der Waals surface area contributed by atoms with Crippen LogP contribution in [0.2, 0.25) is 10.0 Å². The van der Waals surface area contributed by atoms with Crippen LogP contribution in [0.3, 0.4) is 0 Å². The number of nitrogens with zero attached hydrogens (tertiary/aromatic N) is 3. The third-order valence-corrected chi connectivity index (χ3v) is 11.5. The average molecular weight is 665 g/mol. The molecule has 8 heteroatoms. The van der Waals surface area contributed by atoms with E-state index >= 15 is 0 Å². The topological polar surface area (TPSA) is 64.4 Å². The molecule has 0 aromatic heterocycles. The first-order valence-corrected chi connectivity index (χ1v) is 18.5. The maximum Gasteiger partial charge on any atom is 0.254 e. The van der Waals surface area contributed by atoms with Crippen LogP contribution in [0.4, 0.5) is 0 Å². The predicted octanol–water partition coefficient (Wildman–Crippen LogP) is 8.31. The van der Waals surface area contributed by atoms with Crippen molar-refractivity contribution in [3.63, 3.8) is 0 Å². The Balaban J connectivity index is 1.34. The molecule has 238 valence electrons. The van der Waals surface area contributed by atoms with Crippen LogP contribution in [0.1, 0.15) is 94.6 Å².